The van der Waals surface area contributed by atoms with Crippen LogP contribution in [0.1, 0.15) is 5.69 Å². The van der Waals surface area contributed by atoms with E-state index in [1.807, 2.05) is 0 Å². The lowest BCUT2D eigenvalue weighted by Crippen LogP contribution is -2.48. The Labute approximate surface area is 129 Å². The molecule has 1 N–H and O–H groups in total. The lowest BCUT2D eigenvalue weighted by molar-refractivity contribution is -0.141. The van der Waals surface area contributed by atoms with Crippen LogP contribution in [-0.4, -0.2) is 40.5 Å². The Bertz CT molecular complexity index is 720. The van der Waals surface area contributed by atoms with Crippen LogP contribution in [0.4, 0.5) is 19.0 Å². The number of carbonyl (C=O) groups excluding carboxylic acids is 1. The van der Waals surface area contributed by atoms with Crippen LogP contribution >= 0.6 is 0 Å². The van der Waals surface area contributed by atoms with Gasteiger partial charge >= 0.3 is 6.18 Å². The molecular weight excluding hydrogens is 311 g/mol. The summed E-state index contributed by atoms with van der Waals surface area (Å²) >= 11 is 0. The highest BCUT2D eigenvalue weighted by Gasteiger charge is 2.34. The first-order valence-corrected chi connectivity index (χ1v) is 6.83. The van der Waals surface area contributed by atoms with Gasteiger partial charge in [-0.3, -0.25) is 9.78 Å². The fourth-order valence-corrected chi connectivity index (χ4v) is 2.19. The monoisotopic (exact) mass is 323 g/mol. The van der Waals surface area contributed by atoms with Gasteiger partial charge in [-0.2, -0.15) is 13.2 Å². The fraction of sp³-hybridized carbons (Fsp3) is 0.286. The van der Waals surface area contributed by atoms with Crippen LogP contribution in [0.2, 0.25) is 0 Å². The maximum atomic E-state index is 13.1. The Morgan fingerprint density at radius 3 is 2.70 bits per heavy atom. The first-order chi connectivity index (χ1) is 10.9. The summed E-state index contributed by atoms with van der Waals surface area (Å²) in [7, 11) is 0. The first-order valence-electron chi connectivity index (χ1n) is 6.83. The smallest absolute Gasteiger partial charge is 0.353 e. The Hall–Kier alpha value is -2.71. The number of amides is 1. The van der Waals surface area contributed by atoms with Crippen molar-refractivity contribution in [3.8, 4) is 11.5 Å². The van der Waals surface area contributed by atoms with Crippen molar-refractivity contribution in [3.63, 3.8) is 0 Å². The molecule has 0 bridgehead atoms. The van der Waals surface area contributed by atoms with E-state index in [0.29, 0.717) is 13.1 Å². The zero-order valence-electron chi connectivity index (χ0n) is 11.8. The molecule has 0 unspecified atom stereocenters. The molecule has 2 aromatic heterocycles. The van der Waals surface area contributed by atoms with Crippen molar-refractivity contribution in [2.75, 3.05) is 24.5 Å². The van der Waals surface area contributed by atoms with Gasteiger partial charge in [-0.15, -0.1) is 0 Å². The lowest BCUT2D eigenvalue weighted by Gasteiger charge is -2.28. The molecular formula is C14H12F3N5O. The molecule has 0 spiro atoms. The molecule has 0 saturated carbocycles. The van der Waals surface area contributed by atoms with Crippen LogP contribution in [0.3, 0.4) is 0 Å². The number of rotatable bonds is 2. The number of pyridine rings is 1. The van der Waals surface area contributed by atoms with Crippen molar-refractivity contribution >= 4 is 11.7 Å². The van der Waals surface area contributed by atoms with Gasteiger partial charge in [0.1, 0.15) is 11.5 Å². The van der Waals surface area contributed by atoms with Gasteiger partial charge in [-0.25, -0.2) is 9.97 Å². The minimum absolute atomic E-state index is 0.0457. The topological polar surface area (TPSA) is 71.0 Å². The third-order valence-corrected chi connectivity index (χ3v) is 3.26. The molecule has 6 nitrogen and oxygen atoms in total. The summed E-state index contributed by atoms with van der Waals surface area (Å²) < 4.78 is 39.3. The molecule has 3 rings (SSSR count). The predicted octanol–water partition coefficient (Wildman–Crippen LogP) is 1.49. The van der Waals surface area contributed by atoms with E-state index in [4.69, 9.17) is 0 Å². The minimum atomic E-state index is -4.61. The molecule has 1 aliphatic heterocycles. The number of halogens is 3. The fourth-order valence-electron chi connectivity index (χ4n) is 2.19. The van der Waals surface area contributed by atoms with Crippen molar-refractivity contribution in [2.24, 2.45) is 0 Å². The minimum Gasteiger partial charge on any atom is -0.353 e. The molecule has 9 heteroatoms. The third-order valence-electron chi connectivity index (χ3n) is 3.26. The number of aromatic nitrogens is 3. The maximum absolute atomic E-state index is 13.1. The molecule has 1 fully saturated rings. The summed E-state index contributed by atoms with van der Waals surface area (Å²) in [5, 5.41) is 2.61. The molecule has 1 amide bonds. The number of hydrogen-bond donors (Lipinski definition) is 1. The molecule has 23 heavy (non-hydrogen) atoms. The number of piperazine rings is 1. The molecule has 3 heterocycles. The van der Waals surface area contributed by atoms with Crippen molar-refractivity contribution in [2.45, 2.75) is 6.18 Å². The van der Waals surface area contributed by atoms with Gasteiger partial charge in [0.05, 0.1) is 6.54 Å². The summed E-state index contributed by atoms with van der Waals surface area (Å²) in [5.41, 5.74) is -0.824. The maximum Gasteiger partial charge on any atom is 0.433 e. The second-order valence-electron chi connectivity index (χ2n) is 4.92. The summed E-state index contributed by atoms with van der Waals surface area (Å²) in [5.74, 6) is -0.327. The van der Waals surface area contributed by atoms with E-state index in [-0.39, 0.29) is 29.8 Å². The quantitative estimate of drug-likeness (QED) is 0.907. The molecule has 0 aliphatic carbocycles. The Kier molecular flexibility index (Phi) is 3.85. The molecule has 120 valence electrons. The van der Waals surface area contributed by atoms with Crippen LogP contribution < -0.4 is 10.2 Å². The average Bonchev–Trinajstić information content (AvgIpc) is 2.54. The number of hydrogen-bond acceptors (Lipinski definition) is 5. The van der Waals surface area contributed by atoms with Crippen molar-refractivity contribution in [1.29, 1.82) is 0 Å². The molecule has 1 aliphatic rings. The standard InChI is InChI=1S/C14H12F3N5O/c15-14(16,17)10-7-11(22-6-5-19-12(23)8-22)21-13(20-10)9-3-1-2-4-18-9/h1-4,7H,5-6,8H2,(H,19,23). The summed E-state index contributed by atoms with van der Waals surface area (Å²) in [6.45, 7) is 0.681. The number of nitrogens with zero attached hydrogens (tertiary/aromatic N) is 4. The van der Waals surface area contributed by atoms with E-state index >= 15 is 0 Å². The van der Waals surface area contributed by atoms with Crippen molar-refractivity contribution in [1.82, 2.24) is 20.3 Å². The van der Waals surface area contributed by atoms with E-state index in [0.717, 1.165) is 6.07 Å². The average molecular weight is 323 g/mol. The van der Waals surface area contributed by atoms with Gasteiger partial charge in [0.15, 0.2) is 11.5 Å². The second-order valence-corrected chi connectivity index (χ2v) is 4.92. The van der Waals surface area contributed by atoms with Gasteiger partial charge in [0, 0.05) is 25.4 Å². The van der Waals surface area contributed by atoms with E-state index in [1.54, 1.807) is 12.1 Å². The molecule has 0 atom stereocenters. The summed E-state index contributed by atoms with van der Waals surface area (Å²) in [4.78, 5) is 24.6. The number of alkyl halides is 3. The van der Waals surface area contributed by atoms with Crippen LogP contribution in [0.5, 0.6) is 0 Å². The van der Waals surface area contributed by atoms with Crippen molar-refractivity contribution < 1.29 is 18.0 Å². The van der Waals surface area contributed by atoms with Gasteiger partial charge in [0.2, 0.25) is 5.91 Å². The zero-order chi connectivity index (χ0) is 16.4. The Morgan fingerprint density at radius 2 is 2.04 bits per heavy atom. The number of carbonyl (C=O) groups is 1. The predicted molar refractivity (Wildman–Crippen MR) is 75.5 cm³/mol. The van der Waals surface area contributed by atoms with Crippen LogP contribution in [-0.2, 0) is 11.0 Å². The zero-order valence-corrected chi connectivity index (χ0v) is 11.8. The van der Waals surface area contributed by atoms with E-state index in [9.17, 15) is 18.0 Å². The number of nitrogens with one attached hydrogen (secondary N) is 1. The van der Waals surface area contributed by atoms with Crippen LogP contribution in [0.25, 0.3) is 11.5 Å². The molecule has 0 radical (unpaired) electrons. The van der Waals surface area contributed by atoms with E-state index in [1.165, 1.54) is 17.2 Å². The van der Waals surface area contributed by atoms with Gasteiger partial charge in [-0.1, -0.05) is 6.07 Å². The van der Waals surface area contributed by atoms with Gasteiger partial charge in [0.25, 0.3) is 0 Å². The first kappa shape index (κ1) is 15.2. The molecule has 1 saturated heterocycles. The second kappa shape index (κ2) is 5.82. The molecule has 0 aromatic carbocycles. The number of anilines is 1. The van der Waals surface area contributed by atoms with Gasteiger partial charge in [-0.05, 0) is 12.1 Å². The Morgan fingerprint density at radius 1 is 1.22 bits per heavy atom. The SMILES string of the molecule is O=C1CN(c2cc(C(F)(F)F)nc(-c3ccccn3)n2)CCN1. The highest BCUT2D eigenvalue weighted by atomic mass is 19.4. The lowest BCUT2D eigenvalue weighted by atomic mass is 10.2. The summed E-state index contributed by atoms with van der Waals surface area (Å²) in [6.07, 6.45) is -3.16. The summed E-state index contributed by atoms with van der Waals surface area (Å²) in [6, 6.07) is 5.67. The van der Waals surface area contributed by atoms with E-state index < -0.39 is 11.9 Å². The molecule has 2 aromatic rings. The largest absolute Gasteiger partial charge is 0.433 e. The van der Waals surface area contributed by atoms with Gasteiger partial charge < -0.3 is 10.2 Å². The van der Waals surface area contributed by atoms with E-state index in [2.05, 4.69) is 20.3 Å². The van der Waals surface area contributed by atoms with Crippen LogP contribution in [0, 0.1) is 0 Å². The Balaban J connectivity index is 2.07. The van der Waals surface area contributed by atoms with Crippen LogP contribution in [0.15, 0.2) is 30.5 Å². The highest BCUT2D eigenvalue weighted by molar-refractivity contribution is 5.82. The normalized spacial score (nSPS) is 15.4. The highest BCUT2D eigenvalue weighted by Crippen LogP contribution is 2.31. The van der Waals surface area contributed by atoms with Crippen molar-refractivity contribution in [3.05, 3.63) is 36.2 Å². The third kappa shape index (κ3) is 3.38.